The van der Waals surface area contributed by atoms with Crippen molar-refractivity contribution >= 4 is 17.5 Å². The van der Waals surface area contributed by atoms with Gasteiger partial charge in [0.2, 0.25) is 5.91 Å². The van der Waals surface area contributed by atoms with Crippen LogP contribution in [-0.2, 0) is 11.3 Å². The number of nitrogens with zero attached hydrogens (tertiary/aromatic N) is 4. The van der Waals surface area contributed by atoms with E-state index in [-0.39, 0.29) is 17.7 Å². The van der Waals surface area contributed by atoms with Crippen molar-refractivity contribution in [3.8, 4) is 0 Å². The number of carbonyl (C=O) groups is 2. The number of carbonyl (C=O) groups excluding carboxylic acids is 2. The van der Waals surface area contributed by atoms with E-state index in [0.717, 1.165) is 0 Å². The van der Waals surface area contributed by atoms with Gasteiger partial charge in [0.15, 0.2) is 0 Å². The van der Waals surface area contributed by atoms with E-state index in [1.54, 1.807) is 9.58 Å². The van der Waals surface area contributed by atoms with E-state index in [1.807, 2.05) is 25.7 Å². The van der Waals surface area contributed by atoms with Gasteiger partial charge >= 0.3 is 0 Å². The molecule has 2 rings (SSSR count). The molecule has 1 aliphatic heterocycles. The van der Waals surface area contributed by atoms with Crippen molar-refractivity contribution in [2.24, 2.45) is 5.92 Å². The van der Waals surface area contributed by atoms with Crippen molar-refractivity contribution in [1.82, 2.24) is 19.6 Å². The number of hydrogen-bond acceptors (Lipinski definition) is 4. The lowest BCUT2D eigenvalue weighted by atomic mass is 10.1. The minimum Gasteiger partial charge on any atom is -0.396 e. The summed E-state index contributed by atoms with van der Waals surface area (Å²) in [5, 5.41) is 4.10. The third kappa shape index (κ3) is 3.01. The summed E-state index contributed by atoms with van der Waals surface area (Å²) in [6, 6.07) is 0. The number of rotatable bonds is 3. The molecule has 116 valence electrons. The van der Waals surface area contributed by atoms with Gasteiger partial charge in [-0.1, -0.05) is 13.8 Å². The zero-order chi connectivity index (χ0) is 15.6. The predicted octanol–water partition coefficient (Wildman–Crippen LogP) is 0.426. The summed E-state index contributed by atoms with van der Waals surface area (Å²) in [6.07, 6.45) is 1.51. The molecule has 1 aliphatic rings. The van der Waals surface area contributed by atoms with Gasteiger partial charge in [0.25, 0.3) is 5.91 Å². The Kier molecular flexibility index (Phi) is 4.50. The molecular formula is C14H23N5O2. The quantitative estimate of drug-likeness (QED) is 0.875. The lowest BCUT2D eigenvalue weighted by Crippen LogP contribution is -2.51. The Morgan fingerprint density at radius 1 is 1.24 bits per heavy atom. The molecule has 0 saturated carbocycles. The van der Waals surface area contributed by atoms with Gasteiger partial charge in [-0.25, -0.2) is 0 Å². The molecule has 2 N–H and O–H groups in total. The highest BCUT2D eigenvalue weighted by Crippen LogP contribution is 2.16. The van der Waals surface area contributed by atoms with Crippen molar-refractivity contribution in [3.05, 3.63) is 11.9 Å². The van der Waals surface area contributed by atoms with E-state index < -0.39 is 0 Å². The molecule has 0 radical (unpaired) electrons. The Morgan fingerprint density at radius 2 is 1.81 bits per heavy atom. The maximum Gasteiger partial charge on any atom is 0.274 e. The zero-order valence-electron chi connectivity index (χ0n) is 12.9. The molecule has 0 aromatic carbocycles. The van der Waals surface area contributed by atoms with E-state index in [2.05, 4.69) is 5.10 Å². The van der Waals surface area contributed by atoms with Crippen LogP contribution in [-0.4, -0.2) is 57.6 Å². The van der Waals surface area contributed by atoms with Crippen LogP contribution in [0.4, 0.5) is 5.69 Å². The molecule has 0 atom stereocenters. The van der Waals surface area contributed by atoms with Crippen LogP contribution in [0.1, 0.15) is 31.3 Å². The fourth-order valence-corrected chi connectivity index (χ4v) is 2.52. The maximum absolute atomic E-state index is 12.6. The van der Waals surface area contributed by atoms with Crippen LogP contribution in [0.3, 0.4) is 0 Å². The van der Waals surface area contributed by atoms with E-state index in [9.17, 15) is 9.59 Å². The Bertz CT molecular complexity index is 529. The van der Waals surface area contributed by atoms with Crippen molar-refractivity contribution < 1.29 is 9.59 Å². The second kappa shape index (κ2) is 6.15. The SMILES string of the molecule is CCn1ncc(N)c1C(=O)N1CCN(C(=O)C(C)C)CC1. The van der Waals surface area contributed by atoms with Crippen LogP contribution in [0, 0.1) is 5.92 Å². The fourth-order valence-electron chi connectivity index (χ4n) is 2.52. The van der Waals surface area contributed by atoms with Gasteiger partial charge in [0.1, 0.15) is 5.69 Å². The first kappa shape index (κ1) is 15.3. The molecule has 2 heterocycles. The van der Waals surface area contributed by atoms with E-state index in [4.69, 9.17) is 5.73 Å². The number of aromatic nitrogens is 2. The minimum atomic E-state index is -0.108. The molecule has 1 saturated heterocycles. The lowest BCUT2D eigenvalue weighted by molar-refractivity contribution is -0.135. The highest BCUT2D eigenvalue weighted by Gasteiger charge is 2.28. The van der Waals surface area contributed by atoms with Crippen LogP contribution in [0.2, 0.25) is 0 Å². The van der Waals surface area contributed by atoms with Gasteiger partial charge in [-0.05, 0) is 6.92 Å². The third-order valence-corrected chi connectivity index (χ3v) is 3.74. The summed E-state index contributed by atoms with van der Waals surface area (Å²) in [7, 11) is 0. The average Bonchev–Trinajstić information content (AvgIpc) is 2.86. The van der Waals surface area contributed by atoms with E-state index in [0.29, 0.717) is 44.1 Å². The Labute approximate surface area is 124 Å². The van der Waals surface area contributed by atoms with Crippen molar-refractivity contribution in [2.45, 2.75) is 27.3 Å². The average molecular weight is 293 g/mol. The largest absolute Gasteiger partial charge is 0.396 e. The number of anilines is 1. The van der Waals surface area contributed by atoms with Crippen molar-refractivity contribution in [3.63, 3.8) is 0 Å². The number of nitrogens with two attached hydrogens (primary N) is 1. The van der Waals surface area contributed by atoms with Gasteiger partial charge in [-0.2, -0.15) is 5.10 Å². The molecule has 0 unspecified atom stereocenters. The molecule has 21 heavy (non-hydrogen) atoms. The zero-order valence-corrected chi connectivity index (χ0v) is 12.9. The first-order valence-corrected chi connectivity index (χ1v) is 7.35. The van der Waals surface area contributed by atoms with Gasteiger partial charge < -0.3 is 15.5 Å². The molecule has 1 fully saturated rings. The number of amides is 2. The normalized spacial score (nSPS) is 15.6. The molecule has 0 spiro atoms. The van der Waals surface area contributed by atoms with Gasteiger partial charge in [0, 0.05) is 38.6 Å². The number of piperazine rings is 1. The Hall–Kier alpha value is -2.05. The molecule has 7 nitrogen and oxygen atoms in total. The monoisotopic (exact) mass is 293 g/mol. The maximum atomic E-state index is 12.6. The molecule has 1 aromatic rings. The summed E-state index contributed by atoms with van der Waals surface area (Å²) in [6.45, 7) is 8.51. The first-order valence-electron chi connectivity index (χ1n) is 7.35. The summed E-state index contributed by atoms with van der Waals surface area (Å²) in [5.41, 5.74) is 6.70. The molecular weight excluding hydrogens is 270 g/mol. The standard InChI is InChI=1S/C14H23N5O2/c1-4-19-12(11(15)9-16-19)14(21)18-7-5-17(6-8-18)13(20)10(2)3/h9-10H,4-8,15H2,1-3H3. The topological polar surface area (TPSA) is 84.5 Å². The van der Waals surface area contributed by atoms with Crippen LogP contribution < -0.4 is 5.73 Å². The van der Waals surface area contributed by atoms with Crippen molar-refractivity contribution in [2.75, 3.05) is 31.9 Å². The lowest BCUT2D eigenvalue weighted by Gasteiger charge is -2.35. The number of hydrogen-bond donors (Lipinski definition) is 1. The Balaban J connectivity index is 2.04. The van der Waals surface area contributed by atoms with Crippen molar-refractivity contribution in [1.29, 1.82) is 0 Å². The molecule has 0 bridgehead atoms. The smallest absolute Gasteiger partial charge is 0.274 e. The minimum absolute atomic E-state index is 0.00980. The highest BCUT2D eigenvalue weighted by atomic mass is 16.2. The van der Waals surface area contributed by atoms with E-state index >= 15 is 0 Å². The van der Waals surface area contributed by atoms with Gasteiger partial charge in [-0.15, -0.1) is 0 Å². The second-order valence-electron chi connectivity index (χ2n) is 5.54. The number of nitrogen functional groups attached to an aromatic ring is 1. The fraction of sp³-hybridized carbons (Fsp3) is 0.643. The summed E-state index contributed by atoms with van der Waals surface area (Å²) in [5.74, 6) is 0.0214. The van der Waals surface area contributed by atoms with Crippen LogP contribution >= 0.6 is 0 Å². The molecule has 1 aromatic heterocycles. The second-order valence-corrected chi connectivity index (χ2v) is 5.54. The third-order valence-electron chi connectivity index (χ3n) is 3.74. The molecule has 7 heteroatoms. The number of aryl methyl sites for hydroxylation is 1. The summed E-state index contributed by atoms with van der Waals surface area (Å²) >= 11 is 0. The van der Waals surface area contributed by atoms with Gasteiger partial charge in [-0.3, -0.25) is 14.3 Å². The Morgan fingerprint density at radius 3 is 2.33 bits per heavy atom. The predicted molar refractivity (Wildman–Crippen MR) is 79.6 cm³/mol. The first-order chi connectivity index (χ1) is 9.95. The van der Waals surface area contributed by atoms with Crippen LogP contribution in [0.25, 0.3) is 0 Å². The summed E-state index contributed by atoms with van der Waals surface area (Å²) < 4.78 is 1.61. The highest BCUT2D eigenvalue weighted by molar-refractivity contribution is 5.97. The van der Waals surface area contributed by atoms with Crippen LogP contribution in [0.15, 0.2) is 6.20 Å². The molecule has 0 aliphatic carbocycles. The van der Waals surface area contributed by atoms with Gasteiger partial charge in [0.05, 0.1) is 11.9 Å². The van der Waals surface area contributed by atoms with E-state index in [1.165, 1.54) is 6.20 Å². The summed E-state index contributed by atoms with van der Waals surface area (Å²) in [4.78, 5) is 28.1. The molecule has 2 amide bonds. The van der Waals surface area contributed by atoms with Crippen LogP contribution in [0.5, 0.6) is 0 Å².